The summed E-state index contributed by atoms with van der Waals surface area (Å²) >= 11 is 3.39. The van der Waals surface area contributed by atoms with Crippen LogP contribution in [0.1, 0.15) is 23.3 Å². The highest BCUT2D eigenvalue weighted by molar-refractivity contribution is 9.10. The van der Waals surface area contributed by atoms with Gasteiger partial charge in [-0.15, -0.1) is 0 Å². The third kappa shape index (κ3) is 2.41. The molecule has 2 aromatic carbocycles. The third-order valence-corrected chi connectivity index (χ3v) is 4.90. The van der Waals surface area contributed by atoms with Crippen molar-refractivity contribution in [1.29, 1.82) is 0 Å². The number of nitrogens with zero attached hydrogens (tertiary/aromatic N) is 2. The minimum Gasteiger partial charge on any atom is -0.440 e. The van der Waals surface area contributed by atoms with Crippen LogP contribution in [0.5, 0.6) is 0 Å². The molecule has 24 heavy (non-hydrogen) atoms. The fourth-order valence-electron chi connectivity index (χ4n) is 3.12. The first-order valence-corrected chi connectivity index (χ1v) is 8.13. The first-order valence-electron chi connectivity index (χ1n) is 7.34. The Kier molecular flexibility index (Phi) is 3.45. The highest BCUT2D eigenvalue weighted by atomic mass is 79.9. The summed E-state index contributed by atoms with van der Waals surface area (Å²) in [4.78, 5) is 26.2. The zero-order valence-electron chi connectivity index (χ0n) is 12.3. The molecular weight excluding hydrogens is 376 g/mol. The van der Waals surface area contributed by atoms with E-state index in [-0.39, 0.29) is 23.4 Å². The standard InChI is InChI=1S/C17H11BrN2O4/c18-10-3-1-9(2-4-10)15-12(8-21)16(15)17-19-13-6-5-11(20(22)23)7-14(13)24-17/h1-8,12,15-16H/t12-,15-,16+/m1/s1. The molecule has 7 heteroatoms. The molecule has 0 aliphatic heterocycles. The molecular formula is C17H11BrN2O4. The number of rotatable bonds is 4. The summed E-state index contributed by atoms with van der Waals surface area (Å²) in [6, 6.07) is 12.1. The van der Waals surface area contributed by atoms with Crippen LogP contribution in [-0.2, 0) is 4.79 Å². The summed E-state index contributed by atoms with van der Waals surface area (Å²) in [7, 11) is 0. The summed E-state index contributed by atoms with van der Waals surface area (Å²) in [5.41, 5.74) is 1.93. The number of hydrogen-bond donors (Lipinski definition) is 0. The predicted octanol–water partition coefficient (Wildman–Crippen LogP) is 4.19. The van der Waals surface area contributed by atoms with E-state index >= 15 is 0 Å². The van der Waals surface area contributed by atoms with E-state index in [4.69, 9.17) is 4.42 Å². The number of nitro groups is 1. The number of benzene rings is 2. The van der Waals surface area contributed by atoms with Crippen LogP contribution in [-0.4, -0.2) is 16.2 Å². The van der Waals surface area contributed by atoms with Gasteiger partial charge in [0.05, 0.1) is 16.9 Å². The number of aromatic nitrogens is 1. The average Bonchev–Trinajstić information content (AvgIpc) is 3.16. The number of nitro benzene ring substituents is 1. The maximum Gasteiger partial charge on any atom is 0.273 e. The molecule has 1 aromatic heterocycles. The first-order chi connectivity index (χ1) is 11.6. The van der Waals surface area contributed by atoms with Crippen molar-refractivity contribution in [2.24, 2.45) is 5.92 Å². The van der Waals surface area contributed by atoms with E-state index in [1.807, 2.05) is 24.3 Å². The lowest BCUT2D eigenvalue weighted by molar-refractivity contribution is -0.384. The van der Waals surface area contributed by atoms with Crippen molar-refractivity contribution in [2.75, 3.05) is 0 Å². The quantitative estimate of drug-likeness (QED) is 0.381. The lowest BCUT2D eigenvalue weighted by Gasteiger charge is -1.98. The number of hydrogen-bond acceptors (Lipinski definition) is 5. The van der Waals surface area contributed by atoms with E-state index in [0.717, 1.165) is 16.3 Å². The number of non-ortho nitro benzene ring substituents is 1. The Morgan fingerprint density at radius 1 is 1.17 bits per heavy atom. The molecule has 1 aliphatic carbocycles. The molecule has 0 spiro atoms. The van der Waals surface area contributed by atoms with Gasteiger partial charge in [-0.25, -0.2) is 4.98 Å². The van der Waals surface area contributed by atoms with Gasteiger partial charge in [0, 0.05) is 22.4 Å². The molecule has 1 aliphatic rings. The van der Waals surface area contributed by atoms with Crippen molar-refractivity contribution < 1.29 is 14.1 Å². The van der Waals surface area contributed by atoms with Crippen molar-refractivity contribution in [1.82, 2.24) is 4.98 Å². The minimum atomic E-state index is -0.475. The lowest BCUT2D eigenvalue weighted by atomic mass is 10.1. The van der Waals surface area contributed by atoms with E-state index in [1.165, 1.54) is 12.1 Å². The predicted molar refractivity (Wildman–Crippen MR) is 89.8 cm³/mol. The normalized spacial score (nSPS) is 22.5. The number of carbonyl (C=O) groups is 1. The average molecular weight is 387 g/mol. The maximum absolute atomic E-state index is 11.4. The molecule has 6 nitrogen and oxygen atoms in total. The van der Waals surface area contributed by atoms with Crippen LogP contribution in [0.3, 0.4) is 0 Å². The van der Waals surface area contributed by atoms with E-state index < -0.39 is 4.92 Å². The summed E-state index contributed by atoms with van der Waals surface area (Å²) in [6.07, 6.45) is 0.925. The molecule has 3 aromatic rings. The lowest BCUT2D eigenvalue weighted by Crippen LogP contribution is -1.86. The Bertz CT molecular complexity index is 951. The second-order valence-corrected chi connectivity index (χ2v) is 6.69. The number of aldehydes is 1. The molecule has 1 fully saturated rings. The second kappa shape index (κ2) is 5.52. The Morgan fingerprint density at radius 2 is 1.92 bits per heavy atom. The second-order valence-electron chi connectivity index (χ2n) is 5.78. The van der Waals surface area contributed by atoms with Gasteiger partial charge in [0.2, 0.25) is 0 Å². The first kappa shape index (κ1) is 15.0. The fourth-order valence-corrected chi connectivity index (χ4v) is 3.39. The monoisotopic (exact) mass is 386 g/mol. The van der Waals surface area contributed by atoms with Gasteiger partial charge in [0.15, 0.2) is 11.5 Å². The summed E-state index contributed by atoms with van der Waals surface area (Å²) in [5, 5.41) is 10.9. The molecule has 120 valence electrons. The van der Waals surface area contributed by atoms with E-state index in [9.17, 15) is 14.9 Å². The van der Waals surface area contributed by atoms with E-state index in [2.05, 4.69) is 20.9 Å². The molecule has 0 saturated heterocycles. The van der Waals surface area contributed by atoms with Crippen molar-refractivity contribution in [3.63, 3.8) is 0 Å². The molecule has 0 bridgehead atoms. The fraction of sp³-hybridized carbons (Fsp3) is 0.176. The van der Waals surface area contributed by atoms with Gasteiger partial charge in [-0.1, -0.05) is 28.1 Å². The Hall–Kier alpha value is -2.54. The molecule has 1 heterocycles. The summed E-state index contributed by atoms with van der Waals surface area (Å²) in [5.74, 6) is 0.165. The van der Waals surface area contributed by atoms with Crippen LogP contribution in [0.25, 0.3) is 11.1 Å². The third-order valence-electron chi connectivity index (χ3n) is 4.37. The van der Waals surface area contributed by atoms with Crippen LogP contribution in [0.4, 0.5) is 5.69 Å². The minimum absolute atomic E-state index is 0.0265. The highest BCUT2D eigenvalue weighted by Crippen LogP contribution is 2.59. The van der Waals surface area contributed by atoms with Gasteiger partial charge in [-0.2, -0.15) is 0 Å². The van der Waals surface area contributed by atoms with Crippen molar-refractivity contribution >= 4 is 39.0 Å². The topological polar surface area (TPSA) is 86.2 Å². The van der Waals surface area contributed by atoms with Crippen LogP contribution in [0.2, 0.25) is 0 Å². The summed E-state index contributed by atoms with van der Waals surface area (Å²) in [6.45, 7) is 0. The number of carbonyl (C=O) groups excluding carboxylic acids is 1. The zero-order valence-corrected chi connectivity index (χ0v) is 13.8. The van der Waals surface area contributed by atoms with E-state index in [0.29, 0.717) is 17.0 Å². The molecule has 0 amide bonds. The molecule has 0 N–H and O–H groups in total. The van der Waals surface area contributed by atoms with Crippen LogP contribution in [0.15, 0.2) is 51.4 Å². The molecule has 1 saturated carbocycles. The maximum atomic E-state index is 11.4. The number of halogens is 1. The van der Waals surface area contributed by atoms with Gasteiger partial charge in [0.25, 0.3) is 5.69 Å². The molecule has 3 atom stereocenters. The molecule has 4 rings (SSSR count). The van der Waals surface area contributed by atoms with Crippen molar-refractivity contribution in [3.8, 4) is 0 Å². The van der Waals surface area contributed by atoms with Gasteiger partial charge in [-0.3, -0.25) is 10.1 Å². The van der Waals surface area contributed by atoms with Crippen LogP contribution < -0.4 is 0 Å². The van der Waals surface area contributed by atoms with Crippen LogP contribution in [0, 0.1) is 16.0 Å². The number of fused-ring (bicyclic) bond motifs is 1. The Labute approximate surface area is 144 Å². The van der Waals surface area contributed by atoms with Gasteiger partial charge in [-0.05, 0) is 23.8 Å². The molecule has 0 radical (unpaired) electrons. The SMILES string of the molecule is O=C[C@@H]1[C@@H](c2ccc(Br)cc2)[C@H]1c1nc2ccc([N+](=O)[O-])cc2o1. The summed E-state index contributed by atoms with van der Waals surface area (Å²) < 4.78 is 6.68. The smallest absolute Gasteiger partial charge is 0.273 e. The van der Waals surface area contributed by atoms with Gasteiger partial charge >= 0.3 is 0 Å². The Balaban J connectivity index is 1.70. The number of oxazole rings is 1. The Morgan fingerprint density at radius 3 is 2.58 bits per heavy atom. The van der Waals surface area contributed by atoms with Crippen molar-refractivity contribution in [2.45, 2.75) is 11.8 Å². The molecule has 0 unspecified atom stereocenters. The van der Waals surface area contributed by atoms with Crippen LogP contribution >= 0.6 is 15.9 Å². The van der Waals surface area contributed by atoms with Gasteiger partial charge < -0.3 is 9.21 Å². The van der Waals surface area contributed by atoms with Crippen molar-refractivity contribution in [3.05, 3.63) is 68.5 Å². The highest BCUT2D eigenvalue weighted by Gasteiger charge is 2.54. The zero-order chi connectivity index (χ0) is 16.8. The van der Waals surface area contributed by atoms with E-state index in [1.54, 1.807) is 6.07 Å². The van der Waals surface area contributed by atoms with Gasteiger partial charge in [0.1, 0.15) is 11.8 Å². The largest absolute Gasteiger partial charge is 0.440 e.